The molecule has 0 radical (unpaired) electrons. The zero-order chi connectivity index (χ0) is 13.7. The highest BCUT2D eigenvalue weighted by Crippen LogP contribution is 2.17. The van der Waals surface area contributed by atoms with Gasteiger partial charge in [-0.1, -0.05) is 0 Å². The van der Waals surface area contributed by atoms with Crippen molar-refractivity contribution in [3.8, 4) is 0 Å². The second-order valence-corrected chi connectivity index (χ2v) is 4.69. The molecule has 8 heteroatoms. The van der Waals surface area contributed by atoms with E-state index in [9.17, 15) is 9.59 Å². The standard InChI is InChI=1S/C10H15N3O4S/c1-5-8(10(15)16)18-7(13-5)3-12-9(14)6(11)4-17-2/h6H,3-4,11H2,1-2H3,(H,12,14)(H,15,16). The topological polar surface area (TPSA) is 115 Å². The molecule has 0 fully saturated rings. The zero-order valence-corrected chi connectivity index (χ0v) is 10.9. The number of thiazole rings is 1. The molecule has 100 valence electrons. The summed E-state index contributed by atoms with van der Waals surface area (Å²) in [5.74, 6) is -1.37. The van der Waals surface area contributed by atoms with Crippen LogP contribution in [0.5, 0.6) is 0 Å². The van der Waals surface area contributed by atoms with Crippen LogP contribution in [0.3, 0.4) is 0 Å². The van der Waals surface area contributed by atoms with Crippen LogP contribution in [0.15, 0.2) is 0 Å². The number of carbonyl (C=O) groups is 2. The number of nitrogens with zero attached hydrogens (tertiary/aromatic N) is 1. The molecule has 1 unspecified atom stereocenters. The molecule has 0 aromatic carbocycles. The first kappa shape index (κ1) is 14.6. The average Bonchev–Trinajstić information content (AvgIpc) is 2.68. The van der Waals surface area contributed by atoms with Gasteiger partial charge in [-0.25, -0.2) is 9.78 Å². The number of carboxylic acid groups (broad SMARTS) is 1. The van der Waals surface area contributed by atoms with E-state index in [4.69, 9.17) is 15.6 Å². The number of hydrogen-bond donors (Lipinski definition) is 3. The van der Waals surface area contributed by atoms with E-state index >= 15 is 0 Å². The van der Waals surface area contributed by atoms with Crippen LogP contribution in [0.1, 0.15) is 20.4 Å². The Hall–Kier alpha value is -1.51. The number of aryl methyl sites for hydroxylation is 1. The molecule has 0 aliphatic rings. The highest BCUT2D eigenvalue weighted by Gasteiger charge is 2.16. The third kappa shape index (κ3) is 3.76. The molecule has 1 aromatic heterocycles. The molecular formula is C10H15N3O4S. The summed E-state index contributed by atoms with van der Waals surface area (Å²) in [7, 11) is 1.45. The Labute approximate surface area is 108 Å². The predicted molar refractivity (Wildman–Crippen MR) is 65.5 cm³/mol. The largest absolute Gasteiger partial charge is 0.477 e. The van der Waals surface area contributed by atoms with Crippen LogP contribution in [-0.2, 0) is 16.1 Å². The Balaban J connectivity index is 2.56. The second-order valence-electron chi connectivity index (χ2n) is 3.61. The van der Waals surface area contributed by atoms with Gasteiger partial charge in [-0.3, -0.25) is 4.79 Å². The molecule has 18 heavy (non-hydrogen) atoms. The molecule has 0 bridgehead atoms. The van der Waals surface area contributed by atoms with Gasteiger partial charge in [-0.2, -0.15) is 0 Å². The van der Waals surface area contributed by atoms with E-state index in [0.29, 0.717) is 10.7 Å². The van der Waals surface area contributed by atoms with Gasteiger partial charge in [0.1, 0.15) is 15.9 Å². The Kier molecular flexibility index (Phi) is 5.20. The fourth-order valence-electron chi connectivity index (χ4n) is 1.28. The van der Waals surface area contributed by atoms with E-state index in [2.05, 4.69) is 10.3 Å². The van der Waals surface area contributed by atoms with E-state index < -0.39 is 12.0 Å². The van der Waals surface area contributed by atoms with Gasteiger partial charge in [0.15, 0.2) is 0 Å². The third-order valence-electron chi connectivity index (χ3n) is 2.13. The van der Waals surface area contributed by atoms with Crippen LogP contribution < -0.4 is 11.1 Å². The van der Waals surface area contributed by atoms with Crippen LogP contribution in [-0.4, -0.2) is 41.7 Å². The van der Waals surface area contributed by atoms with Gasteiger partial charge < -0.3 is 20.9 Å². The Morgan fingerprint density at radius 3 is 2.78 bits per heavy atom. The van der Waals surface area contributed by atoms with Crippen molar-refractivity contribution in [3.05, 3.63) is 15.6 Å². The smallest absolute Gasteiger partial charge is 0.347 e. The Morgan fingerprint density at radius 1 is 1.61 bits per heavy atom. The minimum absolute atomic E-state index is 0.128. The average molecular weight is 273 g/mol. The number of aromatic nitrogens is 1. The van der Waals surface area contributed by atoms with E-state index in [0.717, 1.165) is 11.3 Å². The normalized spacial score (nSPS) is 12.2. The molecule has 4 N–H and O–H groups in total. The van der Waals surface area contributed by atoms with Crippen molar-refractivity contribution >= 4 is 23.2 Å². The van der Waals surface area contributed by atoms with E-state index in [1.165, 1.54) is 7.11 Å². The minimum atomic E-state index is -1.02. The highest BCUT2D eigenvalue weighted by molar-refractivity contribution is 7.13. The molecule has 1 amide bonds. The maximum atomic E-state index is 11.5. The summed E-state index contributed by atoms with van der Waals surface area (Å²) in [4.78, 5) is 26.5. The summed E-state index contributed by atoms with van der Waals surface area (Å²) in [5, 5.41) is 12.0. The van der Waals surface area contributed by atoms with E-state index in [1.54, 1.807) is 6.92 Å². The fourth-order valence-corrected chi connectivity index (χ4v) is 2.12. The van der Waals surface area contributed by atoms with Crippen molar-refractivity contribution in [2.45, 2.75) is 19.5 Å². The molecule has 1 atom stereocenters. The first-order valence-corrected chi connectivity index (χ1v) is 5.99. The second kappa shape index (κ2) is 6.43. The lowest BCUT2D eigenvalue weighted by Crippen LogP contribution is -2.43. The van der Waals surface area contributed by atoms with Crippen molar-refractivity contribution in [1.29, 1.82) is 0 Å². The molecule has 0 spiro atoms. The lowest BCUT2D eigenvalue weighted by Gasteiger charge is -2.09. The molecular weight excluding hydrogens is 258 g/mol. The lowest BCUT2D eigenvalue weighted by atomic mass is 10.3. The van der Waals surface area contributed by atoms with Crippen LogP contribution in [0, 0.1) is 6.92 Å². The van der Waals surface area contributed by atoms with Crippen molar-refractivity contribution in [2.24, 2.45) is 5.73 Å². The van der Waals surface area contributed by atoms with E-state index in [1.807, 2.05) is 0 Å². The monoisotopic (exact) mass is 273 g/mol. The number of ether oxygens (including phenoxy) is 1. The quantitative estimate of drug-likeness (QED) is 0.658. The van der Waals surface area contributed by atoms with Gasteiger partial charge >= 0.3 is 5.97 Å². The number of hydrogen-bond acceptors (Lipinski definition) is 6. The van der Waals surface area contributed by atoms with Gasteiger partial charge in [0.25, 0.3) is 0 Å². The van der Waals surface area contributed by atoms with Crippen LogP contribution >= 0.6 is 11.3 Å². The predicted octanol–water partition coefficient (Wildman–Crippen LogP) is -0.260. The number of carboxylic acids is 1. The van der Waals surface area contributed by atoms with Gasteiger partial charge in [0.05, 0.1) is 18.8 Å². The SMILES string of the molecule is COCC(N)C(=O)NCc1nc(C)c(C(=O)O)s1. The molecule has 7 nitrogen and oxygen atoms in total. The van der Waals surface area contributed by atoms with Gasteiger partial charge in [0, 0.05) is 7.11 Å². The third-order valence-corrected chi connectivity index (χ3v) is 3.28. The fraction of sp³-hybridized carbons (Fsp3) is 0.500. The van der Waals surface area contributed by atoms with Crippen LogP contribution in [0.2, 0.25) is 0 Å². The Bertz CT molecular complexity index is 446. The number of nitrogens with one attached hydrogen (secondary N) is 1. The number of rotatable bonds is 6. The van der Waals surface area contributed by atoms with E-state index in [-0.39, 0.29) is 23.9 Å². The van der Waals surface area contributed by atoms with Crippen molar-refractivity contribution in [2.75, 3.05) is 13.7 Å². The minimum Gasteiger partial charge on any atom is -0.477 e. The molecule has 1 rings (SSSR count). The molecule has 0 aliphatic carbocycles. The lowest BCUT2D eigenvalue weighted by molar-refractivity contribution is -0.123. The van der Waals surface area contributed by atoms with Gasteiger partial charge in [-0.15, -0.1) is 11.3 Å². The van der Waals surface area contributed by atoms with Crippen molar-refractivity contribution in [3.63, 3.8) is 0 Å². The molecule has 0 saturated heterocycles. The number of aromatic carboxylic acids is 1. The van der Waals surface area contributed by atoms with Crippen molar-refractivity contribution < 1.29 is 19.4 Å². The summed E-state index contributed by atoms with van der Waals surface area (Å²) in [5.41, 5.74) is 5.97. The first-order chi connectivity index (χ1) is 8.45. The molecule has 1 aromatic rings. The number of amides is 1. The van der Waals surface area contributed by atoms with Gasteiger partial charge in [-0.05, 0) is 6.92 Å². The van der Waals surface area contributed by atoms with Crippen LogP contribution in [0.25, 0.3) is 0 Å². The maximum Gasteiger partial charge on any atom is 0.347 e. The Morgan fingerprint density at radius 2 is 2.28 bits per heavy atom. The number of nitrogens with two attached hydrogens (primary N) is 1. The number of carbonyl (C=O) groups excluding carboxylic acids is 1. The first-order valence-electron chi connectivity index (χ1n) is 5.17. The maximum absolute atomic E-state index is 11.5. The summed E-state index contributed by atoms with van der Waals surface area (Å²) in [6.07, 6.45) is 0. The summed E-state index contributed by atoms with van der Waals surface area (Å²) < 4.78 is 4.75. The van der Waals surface area contributed by atoms with Crippen LogP contribution in [0.4, 0.5) is 0 Å². The van der Waals surface area contributed by atoms with Crippen molar-refractivity contribution in [1.82, 2.24) is 10.3 Å². The molecule has 0 saturated carbocycles. The zero-order valence-electron chi connectivity index (χ0n) is 10.1. The highest BCUT2D eigenvalue weighted by atomic mass is 32.1. The summed E-state index contributed by atoms with van der Waals surface area (Å²) in [6.45, 7) is 1.90. The molecule has 0 aliphatic heterocycles. The number of methoxy groups -OCH3 is 1. The summed E-state index contributed by atoms with van der Waals surface area (Å²) >= 11 is 1.04. The van der Waals surface area contributed by atoms with Gasteiger partial charge in [0.2, 0.25) is 5.91 Å². The molecule has 1 heterocycles. The summed E-state index contributed by atoms with van der Waals surface area (Å²) in [6, 6.07) is -0.741.